The summed E-state index contributed by atoms with van der Waals surface area (Å²) in [7, 11) is 0. The molecule has 0 aliphatic heterocycles. The van der Waals surface area contributed by atoms with Crippen molar-refractivity contribution in [3.8, 4) is 5.75 Å². The molecule has 0 saturated carbocycles. The lowest BCUT2D eigenvalue weighted by atomic mass is 10.1. The molecule has 0 amide bonds. The molecule has 0 fully saturated rings. The summed E-state index contributed by atoms with van der Waals surface area (Å²) in [4.78, 5) is 11.8. The van der Waals surface area contributed by atoms with E-state index in [1.165, 1.54) is 0 Å². The van der Waals surface area contributed by atoms with Gasteiger partial charge in [0.05, 0.1) is 6.61 Å². The van der Waals surface area contributed by atoms with Crippen LogP contribution in [-0.2, 0) is 0 Å². The predicted octanol–water partition coefficient (Wildman–Crippen LogP) is 3.94. The average molecular weight is 352 g/mol. The summed E-state index contributed by atoms with van der Waals surface area (Å²) in [5.41, 5.74) is 0.740. The first-order chi connectivity index (χ1) is 8.75. The first-order valence-corrected chi connectivity index (χ1v) is 6.80. The number of hydrogen-bond donors (Lipinski definition) is 0. The van der Waals surface area contributed by atoms with Gasteiger partial charge in [0.15, 0.2) is 5.78 Å². The molecule has 0 aromatic heterocycles. The summed E-state index contributed by atoms with van der Waals surface area (Å²) in [5, 5.41) is 0. The van der Waals surface area contributed by atoms with Crippen LogP contribution < -0.4 is 4.74 Å². The smallest absolute Gasteiger partial charge is 0.166 e. The highest BCUT2D eigenvalue weighted by Crippen LogP contribution is 2.15. The van der Waals surface area contributed by atoms with Gasteiger partial charge in [0.1, 0.15) is 5.75 Å². The molecule has 0 radical (unpaired) electrons. The van der Waals surface area contributed by atoms with Gasteiger partial charge in [-0.1, -0.05) is 36.4 Å². The number of benzene rings is 2. The van der Waals surface area contributed by atoms with Crippen molar-refractivity contribution in [2.75, 3.05) is 6.61 Å². The first kappa shape index (κ1) is 13.1. The van der Waals surface area contributed by atoms with E-state index in [9.17, 15) is 4.79 Å². The number of ketones is 1. The molecule has 0 N–H and O–H groups in total. The molecule has 0 spiro atoms. The van der Waals surface area contributed by atoms with Crippen molar-refractivity contribution in [1.82, 2.24) is 0 Å². The molecule has 0 aliphatic rings. The topological polar surface area (TPSA) is 26.3 Å². The van der Waals surface area contributed by atoms with Crippen LogP contribution >= 0.6 is 22.6 Å². The van der Waals surface area contributed by atoms with Crippen molar-refractivity contribution in [2.45, 2.75) is 6.42 Å². The minimum absolute atomic E-state index is 0.112. The zero-order chi connectivity index (χ0) is 12.8. The molecule has 2 aromatic rings. The molecule has 92 valence electrons. The lowest BCUT2D eigenvalue weighted by Gasteiger charge is -2.06. The van der Waals surface area contributed by atoms with Gasteiger partial charge in [-0.2, -0.15) is 0 Å². The molecule has 0 atom stereocenters. The van der Waals surface area contributed by atoms with Crippen molar-refractivity contribution < 1.29 is 9.53 Å². The zero-order valence-electron chi connectivity index (χ0n) is 9.80. The second kappa shape index (κ2) is 6.54. The number of carbonyl (C=O) groups is 1. The molecule has 0 aliphatic carbocycles. The number of Topliss-reactive ketones (excluding diaryl/α,β-unsaturated/α-hetero) is 1. The van der Waals surface area contributed by atoms with Crippen LogP contribution in [0.5, 0.6) is 5.75 Å². The molecule has 18 heavy (non-hydrogen) atoms. The van der Waals surface area contributed by atoms with Gasteiger partial charge in [-0.25, -0.2) is 0 Å². The maximum atomic E-state index is 11.8. The average Bonchev–Trinajstić information content (AvgIpc) is 2.40. The van der Waals surface area contributed by atoms with Crippen molar-refractivity contribution in [1.29, 1.82) is 0 Å². The molecule has 2 rings (SSSR count). The molecule has 3 heteroatoms. The first-order valence-electron chi connectivity index (χ1n) is 5.72. The van der Waals surface area contributed by atoms with E-state index in [-0.39, 0.29) is 5.78 Å². The maximum Gasteiger partial charge on any atom is 0.166 e. The summed E-state index contributed by atoms with van der Waals surface area (Å²) in [6.45, 7) is 0.411. The van der Waals surface area contributed by atoms with Crippen LogP contribution in [0.1, 0.15) is 16.8 Å². The second-order valence-electron chi connectivity index (χ2n) is 3.85. The minimum Gasteiger partial charge on any atom is -0.493 e. The third kappa shape index (κ3) is 3.84. The van der Waals surface area contributed by atoms with Crippen molar-refractivity contribution in [2.24, 2.45) is 0 Å². The largest absolute Gasteiger partial charge is 0.493 e. The summed E-state index contributed by atoms with van der Waals surface area (Å²) in [6, 6.07) is 17.1. The highest BCUT2D eigenvalue weighted by Gasteiger charge is 2.05. The monoisotopic (exact) mass is 352 g/mol. The van der Waals surface area contributed by atoms with E-state index in [4.69, 9.17) is 4.74 Å². The Hall–Kier alpha value is -1.36. The van der Waals surface area contributed by atoms with Gasteiger partial charge in [0.25, 0.3) is 0 Å². The molecular weight excluding hydrogens is 339 g/mol. The Kier molecular flexibility index (Phi) is 4.75. The Morgan fingerprint density at radius 1 is 1.06 bits per heavy atom. The quantitative estimate of drug-likeness (QED) is 0.602. The van der Waals surface area contributed by atoms with Crippen LogP contribution in [0.4, 0.5) is 0 Å². The molecule has 0 saturated heterocycles. The zero-order valence-corrected chi connectivity index (χ0v) is 12.0. The fourth-order valence-electron chi connectivity index (χ4n) is 1.59. The van der Waals surface area contributed by atoms with Gasteiger partial charge >= 0.3 is 0 Å². The van der Waals surface area contributed by atoms with Crippen LogP contribution in [-0.4, -0.2) is 12.4 Å². The van der Waals surface area contributed by atoms with Gasteiger partial charge in [-0.15, -0.1) is 0 Å². The summed E-state index contributed by atoms with van der Waals surface area (Å²) < 4.78 is 6.68. The Labute approximate surface area is 120 Å². The molecular formula is C15H13IO2. The highest BCUT2D eigenvalue weighted by molar-refractivity contribution is 14.1. The third-order valence-electron chi connectivity index (χ3n) is 2.49. The van der Waals surface area contributed by atoms with Gasteiger partial charge in [0.2, 0.25) is 0 Å². The number of ether oxygens (including phenoxy) is 1. The predicted molar refractivity (Wildman–Crippen MR) is 80.0 cm³/mol. The van der Waals surface area contributed by atoms with E-state index in [1.54, 1.807) is 0 Å². The van der Waals surface area contributed by atoms with Crippen molar-refractivity contribution in [3.05, 3.63) is 63.7 Å². The van der Waals surface area contributed by atoms with Gasteiger partial charge in [-0.05, 0) is 40.8 Å². The van der Waals surface area contributed by atoms with E-state index in [0.717, 1.165) is 14.9 Å². The summed E-state index contributed by atoms with van der Waals surface area (Å²) in [5.74, 6) is 0.920. The Morgan fingerprint density at radius 3 is 2.56 bits per heavy atom. The van der Waals surface area contributed by atoms with E-state index in [2.05, 4.69) is 22.6 Å². The lowest BCUT2D eigenvalue weighted by Crippen LogP contribution is -2.06. The maximum absolute atomic E-state index is 11.8. The third-order valence-corrected chi connectivity index (χ3v) is 3.16. The van der Waals surface area contributed by atoms with Crippen LogP contribution in [0.2, 0.25) is 0 Å². The number of halogens is 1. The second-order valence-corrected chi connectivity index (χ2v) is 5.09. The fraction of sp³-hybridized carbons (Fsp3) is 0.133. The molecule has 2 nitrogen and oxygen atoms in total. The van der Waals surface area contributed by atoms with Crippen LogP contribution in [0.25, 0.3) is 0 Å². The highest BCUT2D eigenvalue weighted by atomic mass is 127. The van der Waals surface area contributed by atoms with E-state index in [0.29, 0.717) is 13.0 Å². The summed E-state index contributed by atoms with van der Waals surface area (Å²) in [6.07, 6.45) is 0.398. The van der Waals surface area contributed by atoms with E-state index < -0.39 is 0 Å². The number of rotatable bonds is 5. The van der Waals surface area contributed by atoms with Crippen LogP contribution in [0.15, 0.2) is 54.6 Å². The summed E-state index contributed by atoms with van der Waals surface area (Å²) >= 11 is 2.23. The van der Waals surface area contributed by atoms with Gasteiger partial charge in [-0.3, -0.25) is 4.79 Å². The molecule has 0 unspecified atom stereocenters. The molecule has 0 bridgehead atoms. The number of hydrogen-bond acceptors (Lipinski definition) is 2. The van der Waals surface area contributed by atoms with E-state index in [1.807, 2.05) is 54.6 Å². The minimum atomic E-state index is 0.112. The Bertz CT molecular complexity index is 523. The van der Waals surface area contributed by atoms with Crippen molar-refractivity contribution >= 4 is 28.4 Å². The molecule has 2 aromatic carbocycles. The van der Waals surface area contributed by atoms with E-state index >= 15 is 0 Å². The van der Waals surface area contributed by atoms with Crippen LogP contribution in [0, 0.1) is 3.57 Å². The normalized spacial score (nSPS) is 10.1. The van der Waals surface area contributed by atoms with Crippen LogP contribution in [0.3, 0.4) is 0 Å². The van der Waals surface area contributed by atoms with Crippen molar-refractivity contribution in [3.63, 3.8) is 0 Å². The fourth-order valence-corrected chi connectivity index (χ4v) is 2.10. The lowest BCUT2D eigenvalue weighted by molar-refractivity contribution is 0.0962. The molecule has 0 heterocycles. The van der Waals surface area contributed by atoms with Gasteiger partial charge in [0, 0.05) is 15.6 Å². The van der Waals surface area contributed by atoms with Gasteiger partial charge < -0.3 is 4.74 Å². The Balaban J connectivity index is 1.84. The standard InChI is InChI=1S/C15H13IO2/c16-13-7-4-8-14(11-13)18-10-9-15(17)12-5-2-1-3-6-12/h1-8,11H,9-10H2. The SMILES string of the molecule is O=C(CCOc1cccc(I)c1)c1ccccc1. The number of carbonyl (C=O) groups excluding carboxylic acids is 1. The Morgan fingerprint density at radius 2 is 1.83 bits per heavy atom.